The van der Waals surface area contributed by atoms with Crippen molar-refractivity contribution in [2.45, 2.75) is 71.4 Å². The largest absolute Gasteiger partial charge is 0.335 e. The van der Waals surface area contributed by atoms with Gasteiger partial charge in [0.1, 0.15) is 0 Å². The second-order valence-corrected chi connectivity index (χ2v) is 5.99. The highest BCUT2D eigenvalue weighted by atomic mass is 16.2. The minimum absolute atomic E-state index is 0.0192. The third kappa shape index (κ3) is 4.86. The number of amides is 2. The van der Waals surface area contributed by atoms with E-state index < -0.39 is 0 Å². The Balaban J connectivity index is 2.33. The smallest absolute Gasteiger partial charge is 0.315 e. The van der Waals surface area contributed by atoms with Crippen molar-refractivity contribution in [3.63, 3.8) is 0 Å². The molecule has 1 saturated carbocycles. The van der Waals surface area contributed by atoms with Gasteiger partial charge in [0.15, 0.2) is 0 Å². The van der Waals surface area contributed by atoms with Crippen LogP contribution in [-0.4, -0.2) is 17.6 Å². The number of nitrogens with one attached hydrogen (secondary N) is 2. The van der Waals surface area contributed by atoms with Crippen LogP contribution in [0.1, 0.15) is 59.8 Å². The predicted octanol–water partition coefficient (Wildman–Crippen LogP) is 3.05. The molecule has 2 atom stereocenters. The number of hydrogen-bond acceptors (Lipinski definition) is 1. The van der Waals surface area contributed by atoms with Gasteiger partial charge in [0.2, 0.25) is 0 Å². The standard InChI is InChI=1S/C13H26N2O/c1-5-10-7-6-8-11(9-10)14-12(16)15-13(2,3)4/h10-11H,5-9H2,1-4H3,(H2,14,15,16). The summed E-state index contributed by atoms with van der Waals surface area (Å²) < 4.78 is 0. The van der Waals surface area contributed by atoms with Crippen molar-refractivity contribution in [3.8, 4) is 0 Å². The summed E-state index contributed by atoms with van der Waals surface area (Å²) in [5, 5.41) is 6.04. The van der Waals surface area contributed by atoms with Crippen LogP contribution in [0.5, 0.6) is 0 Å². The predicted molar refractivity (Wildman–Crippen MR) is 67.5 cm³/mol. The Morgan fingerprint density at radius 2 is 2.00 bits per heavy atom. The lowest BCUT2D eigenvalue weighted by Gasteiger charge is -2.30. The Morgan fingerprint density at radius 3 is 2.56 bits per heavy atom. The monoisotopic (exact) mass is 226 g/mol. The van der Waals surface area contributed by atoms with Crippen LogP contribution in [0.4, 0.5) is 4.79 Å². The SMILES string of the molecule is CCC1CCCC(NC(=O)NC(C)(C)C)C1. The van der Waals surface area contributed by atoms with E-state index in [4.69, 9.17) is 0 Å². The molecule has 2 amide bonds. The van der Waals surface area contributed by atoms with E-state index in [1.807, 2.05) is 20.8 Å². The lowest BCUT2D eigenvalue weighted by atomic mass is 9.84. The van der Waals surface area contributed by atoms with Gasteiger partial charge in [-0.3, -0.25) is 0 Å². The third-order valence-corrected chi connectivity index (χ3v) is 3.18. The highest BCUT2D eigenvalue weighted by Gasteiger charge is 2.23. The molecular weight excluding hydrogens is 200 g/mol. The molecule has 1 aliphatic carbocycles. The van der Waals surface area contributed by atoms with Crippen LogP contribution in [0.25, 0.3) is 0 Å². The van der Waals surface area contributed by atoms with Gasteiger partial charge in [-0.1, -0.05) is 26.2 Å². The van der Waals surface area contributed by atoms with Crippen molar-refractivity contribution in [1.82, 2.24) is 10.6 Å². The summed E-state index contributed by atoms with van der Waals surface area (Å²) in [4.78, 5) is 11.7. The molecule has 0 heterocycles. The molecule has 1 fully saturated rings. The van der Waals surface area contributed by atoms with Crippen LogP contribution < -0.4 is 10.6 Å². The zero-order valence-electron chi connectivity index (χ0n) is 11.1. The van der Waals surface area contributed by atoms with E-state index >= 15 is 0 Å². The molecule has 2 unspecified atom stereocenters. The quantitative estimate of drug-likeness (QED) is 0.746. The van der Waals surface area contributed by atoms with E-state index in [9.17, 15) is 4.79 Å². The van der Waals surface area contributed by atoms with Gasteiger partial charge >= 0.3 is 6.03 Å². The first-order chi connectivity index (χ1) is 7.40. The van der Waals surface area contributed by atoms with E-state index in [-0.39, 0.29) is 11.6 Å². The van der Waals surface area contributed by atoms with Gasteiger partial charge < -0.3 is 10.6 Å². The van der Waals surface area contributed by atoms with E-state index in [1.165, 1.54) is 19.3 Å². The van der Waals surface area contributed by atoms with Gasteiger partial charge in [0.25, 0.3) is 0 Å². The molecule has 1 rings (SSSR count). The topological polar surface area (TPSA) is 41.1 Å². The highest BCUT2D eigenvalue weighted by molar-refractivity contribution is 5.74. The Bertz CT molecular complexity index is 233. The number of urea groups is 1. The zero-order valence-corrected chi connectivity index (χ0v) is 11.1. The summed E-state index contributed by atoms with van der Waals surface area (Å²) in [6, 6.07) is 0.357. The Kier molecular flexibility index (Phi) is 4.63. The second-order valence-electron chi connectivity index (χ2n) is 5.99. The maximum Gasteiger partial charge on any atom is 0.315 e. The molecule has 94 valence electrons. The van der Waals surface area contributed by atoms with Crippen molar-refractivity contribution < 1.29 is 4.79 Å². The average molecular weight is 226 g/mol. The molecular formula is C13H26N2O. The summed E-state index contributed by atoms with van der Waals surface area (Å²) in [7, 11) is 0. The second kappa shape index (κ2) is 5.55. The van der Waals surface area contributed by atoms with Crippen molar-refractivity contribution in [2.75, 3.05) is 0 Å². The van der Waals surface area contributed by atoms with Crippen LogP contribution >= 0.6 is 0 Å². The first kappa shape index (κ1) is 13.3. The molecule has 3 nitrogen and oxygen atoms in total. The molecule has 0 saturated heterocycles. The molecule has 1 aliphatic rings. The van der Waals surface area contributed by atoms with Crippen molar-refractivity contribution in [1.29, 1.82) is 0 Å². The Labute approximate surface area is 99.4 Å². The zero-order chi connectivity index (χ0) is 12.2. The molecule has 0 spiro atoms. The van der Waals surface area contributed by atoms with Crippen LogP contribution in [0.3, 0.4) is 0 Å². The average Bonchev–Trinajstić information content (AvgIpc) is 2.15. The molecule has 2 N–H and O–H groups in total. The Hall–Kier alpha value is -0.730. The van der Waals surface area contributed by atoms with E-state index in [0.29, 0.717) is 6.04 Å². The maximum atomic E-state index is 11.7. The van der Waals surface area contributed by atoms with Crippen molar-refractivity contribution in [3.05, 3.63) is 0 Å². The summed E-state index contributed by atoms with van der Waals surface area (Å²) in [5.74, 6) is 0.800. The number of hydrogen-bond donors (Lipinski definition) is 2. The van der Waals surface area contributed by atoms with Gasteiger partial charge in [-0.2, -0.15) is 0 Å². The first-order valence-corrected chi connectivity index (χ1v) is 6.49. The summed E-state index contributed by atoms with van der Waals surface area (Å²) in [6.07, 6.45) is 6.09. The van der Waals surface area contributed by atoms with Gasteiger partial charge in [-0.25, -0.2) is 4.79 Å². The summed E-state index contributed by atoms with van der Waals surface area (Å²) >= 11 is 0. The Morgan fingerprint density at radius 1 is 1.31 bits per heavy atom. The summed E-state index contributed by atoms with van der Waals surface area (Å²) in [5.41, 5.74) is -0.150. The maximum absolute atomic E-state index is 11.7. The lowest BCUT2D eigenvalue weighted by molar-refractivity contribution is 0.216. The molecule has 0 aliphatic heterocycles. The molecule has 0 aromatic heterocycles. The first-order valence-electron chi connectivity index (χ1n) is 6.49. The molecule has 0 aromatic carbocycles. The van der Waals surface area contributed by atoms with E-state index in [1.54, 1.807) is 0 Å². The van der Waals surface area contributed by atoms with E-state index in [0.717, 1.165) is 18.8 Å². The van der Waals surface area contributed by atoms with E-state index in [2.05, 4.69) is 17.6 Å². The molecule has 0 radical (unpaired) electrons. The molecule has 16 heavy (non-hydrogen) atoms. The molecule has 0 aromatic rings. The lowest BCUT2D eigenvalue weighted by Crippen LogP contribution is -2.50. The van der Waals surface area contributed by atoms with Gasteiger partial charge in [0, 0.05) is 11.6 Å². The summed E-state index contributed by atoms with van der Waals surface area (Å²) in [6.45, 7) is 8.25. The minimum atomic E-state index is -0.150. The molecule has 0 bridgehead atoms. The van der Waals surface area contributed by atoms with Gasteiger partial charge in [-0.05, 0) is 39.5 Å². The van der Waals surface area contributed by atoms with Crippen LogP contribution in [-0.2, 0) is 0 Å². The third-order valence-electron chi connectivity index (χ3n) is 3.18. The van der Waals surface area contributed by atoms with Crippen LogP contribution in [0.2, 0.25) is 0 Å². The number of rotatable bonds is 2. The van der Waals surface area contributed by atoms with Crippen LogP contribution in [0.15, 0.2) is 0 Å². The van der Waals surface area contributed by atoms with Crippen LogP contribution in [0, 0.1) is 5.92 Å². The van der Waals surface area contributed by atoms with Gasteiger partial charge in [0.05, 0.1) is 0 Å². The number of carbonyl (C=O) groups excluding carboxylic acids is 1. The fraction of sp³-hybridized carbons (Fsp3) is 0.923. The highest BCUT2D eigenvalue weighted by Crippen LogP contribution is 2.26. The van der Waals surface area contributed by atoms with Crippen molar-refractivity contribution in [2.24, 2.45) is 5.92 Å². The van der Waals surface area contributed by atoms with Gasteiger partial charge in [-0.15, -0.1) is 0 Å². The number of carbonyl (C=O) groups is 1. The fourth-order valence-corrected chi connectivity index (χ4v) is 2.35. The minimum Gasteiger partial charge on any atom is -0.335 e. The van der Waals surface area contributed by atoms with Crippen molar-refractivity contribution >= 4 is 6.03 Å². The normalized spacial score (nSPS) is 26.2. The molecule has 3 heteroatoms. The fourth-order valence-electron chi connectivity index (χ4n) is 2.35.